The number of ketones is 1. The molecule has 1 aromatic carbocycles. The Morgan fingerprint density at radius 3 is 2.52 bits per heavy atom. The summed E-state index contributed by atoms with van der Waals surface area (Å²) in [5.41, 5.74) is 2.30. The van der Waals surface area contributed by atoms with E-state index in [9.17, 15) is 4.79 Å². The van der Waals surface area contributed by atoms with Gasteiger partial charge < -0.3 is 4.42 Å². The third-order valence-electron chi connectivity index (χ3n) is 4.15. The molecule has 0 aliphatic heterocycles. The zero-order valence-electron chi connectivity index (χ0n) is 13.8. The number of hydrogen-bond acceptors (Lipinski definition) is 5. The summed E-state index contributed by atoms with van der Waals surface area (Å²) in [5, 5.41) is 8.67. The van der Waals surface area contributed by atoms with Gasteiger partial charge in [-0.1, -0.05) is 51.1 Å². The molecule has 5 heteroatoms. The number of carbonyl (C=O) groups excluding carboxylic acids is 1. The van der Waals surface area contributed by atoms with Crippen molar-refractivity contribution in [1.82, 2.24) is 10.2 Å². The SMILES string of the molecule is CC(C)(C)c1ccc(-c2nnc(SC3CCCCC3=O)o2)cc1. The number of benzene rings is 1. The van der Waals surface area contributed by atoms with Gasteiger partial charge in [0.05, 0.1) is 5.25 Å². The fourth-order valence-corrected chi connectivity index (χ4v) is 3.68. The van der Waals surface area contributed by atoms with Crippen molar-refractivity contribution in [2.45, 2.75) is 62.3 Å². The number of nitrogens with zero attached hydrogens (tertiary/aromatic N) is 2. The van der Waals surface area contributed by atoms with Crippen LogP contribution in [0.15, 0.2) is 33.9 Å². The molecule has 0 N–H and O–H groups in total. The Hall–Kier alpha value is -1.62. The molecule has 0 saturated heterocycles. The molecule has 0 bridgehead atoms. The normalized spacial score (nSPS) is 19.1. The van der Waals surface area contributed by atoms with Gasteiger partial charge in [0.1, 0.15) is 5.78 Å². The predicted molar refractivity (Wildman–Crippen MR) is 91.6 cm³/mol. The van der Waals surface area contributed by atoms with E-state index in [0.717, 1.165) is 24.8 Å². The van der Waals surface area contributed by atoms with Crippen molar-refractivity contribution < 1.29 is 9.21 Å². The second kappa shape index (κ2) is 6.48. The molecule has 3 rings (SSSR count). The summed E-state index contributed by atoms with van der Waals surface area (Å²) in [6, 6.07) is 8.20. The summed E-state index contributed by atoms with van der Waals surface area (Å²) in [4.78, 5) is 11.9. The van der Waals surface area contributed by atoms with Gasteiger partial charge in [0.15, 0.2) is 0 Å². The molecule has 4 nitrogen and oxygen atoms in total. The van der Waals surface area contributed by atoms with E-state index in [4.69, 9.17) is 4.42 Å². The third kappa shape index (κ3) is 3.83. The molecule has 1 atom stereocenters. The molecule has 23 heavy (non-hydrogen) atoms. The quantitative estimate of drug-likeness (QED) is 0.820. The standard InChI is InChI=1S/C18H22N2O2S/c1-18(2,3)13-10-8-12(9-11-13)16-19-20-17(22-16)23-15-7-5-4-6-14(15)21/h8-11,15H,4-7H2,1-3H3. The van der Waals surface area contributed by atoms with Gasteiger partial charge >= 0.3 is 0 Å². The topological polar surface area (TPSA) is 56.0 Å². The number of rotatable bonds is 3. The van der Waals surface area contributed by atoms with Crippen LogP contribution in [-0.4, -0.2) is 21.2 Å². The molecule has 0 spiro atoms. The molecule has 1 aliphatic rings. The minimum atomic E-state index is -0.0275. The van der Waals surface area contributed by atoms with Gasteiger partial charge in [0, 0.05) is 12.0 Å². The van der Waals surface area contributed by atoms with Gasteiger partial charge in [-0.25, -0.2) is 0 Å². The maximum Gasteiger partial charge on any atom is 0.277 e. The summed E-state index contributed by atoms with van der Waals surface area (Å²) in [6.45, 7) is 6.56. The van der Waals surface area contributed by atoms with Crippen molar-refractivity contribution in [2.75, 3.05) is 0 Å². The summed E-state index contributed by atoms with van der Waals surface area (Å²) in [7, 11) is 0. The second-order valence-corrected chi connectivity index (χ2v) is 8.17. The van der Waals surface area contributed by atoms with Crippen LogP contribution in [0.2, 0.25) is 0 Å². The van der Waals surface area contributed by atoms with Crippen molar-refractivity contribution in [3.63, 3.8) is 0 Å². The van der Waals surface area contributed by atoms with E-state index in [0.29, 0.717) is 23.3 Å². The van der Waals surface area contributed by atoms with Crippen LogP contribution in [0.4, 0.5) is 0 Å². The molecule has 0 amide bonds. The molecule has 0 radical (unpaired) electrons. The lowest BCUT2D eigenvalue weighted by Gasteiger charge is -2.18. The Bertz CT molecular complexity index is 686. The average Bonchev–Trinajstić information content (AvgIpc) is 2.97. The highest BCUT2D eigenvalue weighted by Gasteiger charge is 2.25. The average molecular weight is 330 g/mol. The third-order valence-corrected chi connectivity index (χ3v) is 5.30. The Kier molecular flexibility index (Phi) is 4.57. The van der Waals surface area contributed by atoms with Gasteiger partial charge in [-0.2, -0.15) is 0 Å². The smallest absolute Gasteiger partial charge is 0.277 e. The largest absolute Gasteiger partial charge is 0.411 e. The number of carbonyl (C=O) groups is 1. The molecule has 1 aromatic heterocycles. The molecule has 1 unspecified atom stereocenters. The van der Waals surface area contributed by atoms with Gasteiger partial charge in [-0.15, -0.1) is 10.2 Å². The Morgan fingerprint density at radius 2 is 1.87 bits per heavy atom. The monoisotopic (exact) mass is 330 g/mol. The maximum atomic E-state index is 11.9. The minimum absolute atomic E-state index is 0.0275. The van der Waals surface area contributed by atoms with Crippen molar-refractivity contribution >= 4 is 17.5 Å². The van der Waals surface area contributed by atoms with E-state index >= 15 is 0 Å². The molecule has 2 aromatic rings. The van der Waals surface area contributed by atoms with Gasteiger partial charge in [-0.3, -0.25) is 4.79 Å². The van der Waals surface area contributed by atoms with Crippen LogP contribution >= 0.6 is 11.8 Å². The fraction of sp³-hybridized carbons (Fsp3) is 0.500. The van der Waals surface area contributed by atoms with Crippen molar-refractivity contribution in [3.8, 4) is 11.5 Å². The number of hydrogen-bond donors (Lipinski definition) is 0. The summed E-state index contributed by atoms with van der Waals surface area (Å²) in [6.07, 6.45) is 3.68. The zero-order valence-corrected chi connectivity index (χ0v) is 14.7. The summed E-state index contributed by atoms with van der Waals surface area (Å²) < 4.78 is 5.73. The maximum absolute atomic E-state index is 11.9. The van der Waals surface area contributed by atoms with Gasteiger partial charge in [0.2, 0.25) is 5.89 Å². The Balaban J connectivity index is 1.72. The first-order chi connectivity index (χ1) is 10.9. The molecule has 1 aliphatic carbocycles. The first kappa shape index (κ1) is 16.2. The Morgan fingerprint density at radius 1 is 1.13 bits per heavy atom. The van der Waals surface area contributed by atoms with Crippen LogP contribution in [0.1, 0.15) is 52.0 Å². The molecule has 1 saturated carbocycles. The lowest BCUT2D eigenvalue weighted by Crippen LogP contribution is -2.21. The fourth-order valence-electron chi connectivity index (χ4n) is 2.68. The predicted octanol–water partition coefficient (Wildman–Crippen LogP) is 4.64. The molecular formula is C18H22N2O2S. The van der Waals surface area contributed by atoms with Crippen molar-refractivity contribution in [3.05, 3.63) is 29.8 Å². The molecular weight excluding hydrogens is 308 g/mol. The van der Waals surface area contributed by atoms with E-state index in [2.05, 4.69) is 43.1 Å². The first-order valence-electron chi connectivity index (χ1n) is 8.07. The molecule has 1 heterocycles. The lowest BCUT2D eigenvalue weighted by atomic mass is 9.87. The van der Waals surface area contributed by atoms with E-state index in [-0.39, 0.29) is 10.7 Å². The van der Waals surface area contributed by atoms with E-state index in [1.165, 1.54) is 17.3 Å². The van der Waals surface area contributed by atoms with Crippen LogP contribution < -0.4 is 0 Å². The van der Waals surface area contributed by atoms with Crippen molar-refractivity contribution in [1.29, 1.82) is 0 Å². The second-order valence-electron chi connectivity index (χ2n) is 7.02. The van der Waals surface area contributed by atoms with Crippen LogP contribution in [0.25, 0.3) is 11.5 Å². The zero-order chi connectivity index (χ0) is 16.4. The highest BCUT2D eigenvalue weighted by molar-refractivity contribution is 8.00. The molecule has 1 fully saturated rings. The van der Waals surface area contributed by atoms with Crippen LogP contribution in [0.3, 0.4) is 0 Å². The first-order valence-corrected chi connectivity index (χ1v) is 8.95. The molecule has 122 valence electrons. The minimum Gasteiger partial charge on any atom is -0.411 e. The highest BCUT2D eigenvalue weighted by Crippen LogP contribution is 2.32. The number of Topliss-reactive ketones (excluding diaryl/α,β-unsaturated/α-hetero) is 1. The van der Waals surface area contributed by atoms with Gasteiger partial charge in [-0.05, 0) is 36.0 Å². The Labute approximate surface area is 141 Å². The highest BCUT2D eigenvalue weighted by atomic mass is 32.2. The van der Waals surface area contributed by atoms with Gasteiger partial charge in [0.25, 0.3) is 5.22 Å². The van der Waals surface area contributed by atoms with Crippen molar-refractivity contribution in [2.24, 2.45) is 0 Å². The summed E-state index contributed by atoms with van der Waals surface area (Å²) >= 11 is 1.41. The van der Waals surface area contributed by atoms with Crippen LogP contribution in [-0.2, 0) is 10.2 Å². The van der Waals surface area contributed by atoms with E-state index in [1.54, 1.807) is 0 Å². The van der Waals surface area contributed by atoms with E-state index in [1.807, 2.05) is 12.1 Å². The van der Waals surface area contributed by atoms with E-state index < -0.39 is 0 Å². The number of thioether (sulfide) groups is 1. The van der Waals surface area contributed by atoms with Crippen LogP contribution in [0.5, 0.6) is 0 Å². The van der Waals surface area contributed by atoms with Crippen LogP contribution in [0, 0.1) is 0 Å². The lowest BCUT2D eigenvalue weighted by molar-refractivity contribution is -0.119. The summed E-state index contributed by atoms with van der Waals surface area (Å²) in [5.74, 6) is 0.812. The number of aromatic nitrogens is 2.